The van der Waals surface area contributed by atoms with Crippen molar-refractivity contribution in [2.45, 2.75) is 23.8 Å². The molecular weight excluding hydrogens is 334 g/mol. The van der Waals surface area contributed by atoms with Gasteiger partial charge in [-0.25, -0.2) is 13.1 Å². The van der Waals surface area contributed by atoms with E-state index in [-0.39, 0.29) is 23.4 Å². The number of sulfonamides is 1. The second kappa shape index (κ2) is 5.48. The van der Waals surface area contributed by atoms with Crippen LogP contribution in [-0.2, 0) is 14.8 Å². The van der Waals surface area contributed by atoms with E-state index >= 15 is 0 Å². The molecule has 0 heterocycles. The fraction of sp³-hybridized carbons (Fsp3) is 0.364. The van der Waals surface area contributed by atoms with E-state index in [2.05, 4.69) is 26.0 Å². The van der Waals surface area contributed by atoms with Crippen molar-refractivity contribution in [2.24, 2.45) is 0 Å². The van der Waals surface area contributed by atoms with Gasteiger partial charge >= 0.3 is 0 Å². The molecule has 4 N–H and O–H groups in total. The van der Waals surface area contributed by atoms with Gasteiger partial charge in [-0.15, -0.1) is 0 Å². The number of nitrogens with one attached hydrogen (secondary N) is 2. The van der Waals surface area contributed by atoms with Gasteiger partial charge in [-0.1, -0.05) is 0 Å². The summed E-state index contributed by atoms with van der Waals surface area (Å²) in [6, 6.07) is 4.68. The summed E-state index contributed by atoms with van der Waals surface area (Å²) < 4.78 is 26.7. The molecule has 104 valence electrons. The SMILES string of the molecule is Nc1ccc(Br)c(S(=O)(=O)NCC(=O)NC2CC2)c1. The van der Waals surface area contributed by atoms with Crippen LogP contribution in [0.15, 0.2) is 27.6 Å². The lowest BCUT2D eigenvalue weighted by Crippen LogP contribution is -2.37. The Balaban J connectivity index is 2.04. The van der Waals surface area contributed by atoms with Crippen molar-refractivity contribution >= 4 is 37.5 Å². The van der Waals surface area contributed by atoms with Crippen molar-refractivity contribution in [1.29, 1.82) is 0 Å². The normalized spacial score (nSPS) is 15.2. The van der Waals surface area contributed by atoms with Crippen molar-refractivity contribution in [3.63, 3.8) is 0 Å². The lowest BCUT2D eigenvalue weighted by molar-refractivity contribution is -0.120. The van der Waals surface area contributed by atoms with Crippen LogP contribution < -0.4 is 15.8 Å². The third-order valence-electron chi connectivity index (χ3n) is 2.61. The van der Waals surface area contributed by atoms with E-state index in [1.807, 2.05) is 0 Å². The van der Waals surface area contributed by atoms with E-state index < -0.39 is 10.0 Å². The molecule has 0 spiro atoms. The zero-order valence-electron chi connectivity index (χ0n) is 10.0. The highest BCUT2D eigenvalue weighted by atomic mass is 79.9. The Labute approximate surface area is 119 Å². The Hall–Kier alpha value is -1.12. The first-order valence-corrected chi connectivity index (χ1v) is 8.00. The third kappa shape index (κ3) is 3.92. The molecule has 0 bridgehead atoms. The highest BCUT2D eigenvalue weighted by molar-refractivity contribution is 9.10. The van der Waals surface area contributed by atoms with Crippen molar-refractivity contribution in [3.05, 3.63) is 22.7 Å². The largest absolute Gasteiger partial charge is 0.399 e. The molecule has 0 aliphatic heterocycles. The Morgan fingerprint density at radius 2 is 2.11 bits per heavy atom. The van der Waals surface area contributed by atoms with Crippen LogP contribution in [0.3, 0.4) is 0 Å². The quantitative estimate of drug-likeness (QED) is 0.678. The number of nitrogens with two attached hydrogens (primary N) is 1. The molecule has 0 unspecified atom stereocenters. The molecule has 0 atom stereocenters. The number of rotatable bonds is 5. The number of hydrogen-bond donors (Lipinski definition) is 3. The van der Waals surface area contributed by atoms with Crippen molar-refractivity contribution < 1.29 is 13.2 Å². The summed E-state index contributed by atoms with van der Waals surface area (Å²) in [6.07, 6.45) is 1.92. The zero-order valence-corrected chi connectivity index (χ0v) is 12.4. The van der Waals surface area contributed by atoms with Gasteiger partial charge in [0.15, 0.2) is 0 Å². The smallest absolute Gasteiger partial charge is 0.242 e. The van der Waals surface area contributed by atoms with E-state index in [0.29, 0.717) is 10.2 Å². The molecule has 1 fully saturated rings. The summed E-state index contributed by atoms with van der Waals surface area (Å²) in [5, 5.41) is 2.70. The van der Waals surface area contributed by atoms with E-state index in [4.69, 9.17) is 5.73 Å². The molecule has 1 aromatic rings. The van der Waals surface area contributed by atoms with Crippen LogP contribution in [-0.4, -0.2) is 26.9 Å². The van der Waals surface area contributed by atoms with Crippen LogP contribution in [0.5, 0.6) is 0 Å². The molecule has 2 rings (SSSR count). The fourth-order valence-corrected chi connectivity index (χ4v) is 3.45. The predicted molar refractivity (Wildman–Crippen MR) is 74.9 cm³/mol. The minimum absolute atomic E-state index is 0.0201. The summed E-state index contributed by atoms with van der Waals surface area (Å²) in [6.45, 7) is -0.278. The average Bonchev–Trinajstić information content (AvgIpc) is 3.14. The molecule has 8 heteroatoms. The number of nitrogen functional groups attached to an aromatic ring is 1. The topological polar surface area (TPSA) is 101 Å². The van der Waals surface area contributed by atoms with E-state index in [1.54, 1.807) is 12.1 Å². The van der Waals surface area contributed by atoms with Gasteiger partial charge in [0.25, 0.3) is 0 Å². The number of carbonyl (C=O) groups excluding carboxylic acids is 1. The summed E-state index contributed by atoms with van der Waals surface area (Å²) in [7, 11) is -3.76. The highest BCUT2D eigenvalue weighted by Gasteiger charge is 2.24. The summed E-state index contributed by atoms with van der Waals surface area (Å²) in [4.78, 5) is 11.5. The molecule has 19 heavy (non-hydrogen) atoms. The van der Waals surface area contributed by atoms with Crippen LogP contribution in [0.2, 0.25) is 0 Å². The Bertz CT molecular complexity index is 599. The molecule has 0 radical (unpaired) electrons. The van der Waals surface area contributed by atoms with Crippen molar-refractivity contribution in [2.75, 3.05) is 12.3 Å². The summed E-state index contributed by atoms with van der Waals surface area (Å²) >= 11 is 3.15. The van der Waals surface area contributed by atoms with Crippen LogP contribution in [0.4, 0.5) is 5.69 Å². The number of halogens is 1. The lowest BCUT2D eigenvalue weighted by atomic mass is 10.3. The van der Waals surface area contributed by atoms with Gasteiger partial charge in [0.2, 0.25) is 15.9 Å². The van der Waals surface area contributed by atoms with Gasteiger partial charge in [0, 0.05) is 16.2 Å². The summed E-state index contributed by atoms with van der Waals surface area (Å²) in [5.41, 5.74) is 5.90. The zero-order chi connectivity index (χ0) is 14.0. The standard InChI is InChI=1S/C11H14BrN3O3S/c12-9-4-1-7(13)5-10(9)19(17,18)14-6-11(16)15-8-2-3-8/h1,4-5,8,14H,2-3,6,13H2,(H,15,16). The predicted octanol–water partition coefficient (Wildman–Crippen LogP) is 0.588. The van der Waals surface area contributed by atoms with E-state index in [9.17, 15) is 13.2 Å². The van der Waals surface area contributed by atoms with Crippen molar-refractivity contribution in [1.82, 2.24) is 10.0 Å². The van der Waals surface area contributed by atoms with Gasteiger partial charge < -0.3 is 11.1 Å². The van der Waals surface area contributed by atoms with Gasteiger partial charge in [-0.3, -0.25) is 4.79 Å². The number of benzene rings is 1. The van der Waals surface area contributed by atoms with Gasteiger partial charge in [-0.2, -0.15) is 0 Å². The molecule has 1 saturated carbocycles. The second-order valence-electron chi connectivity index (χ2n) is 4.36. The summed E-state index contributed by atoms with van der Waals surface area (Å²) in [5.74, 6) is -0.328. The number of carbonyl (C=O) groups is 1. The Morgan fingerprint density at radius 3 is 2.74 bits per heavy atom. The van der Waals surface area contributed by atoms with E-state index in [0.717, 1.165) is 12.8 Å². The third-order valence-corrected chi connectivity index (χ3v) is 5.01. The lowest BCUT2D eigenvalue weighted by Gasteiger charge is -2.09. The van der Waals surface area contributed by atoms with Crippen LogP contribution in [0.1, 0.15) is 12.8 Å². The maximum absolute atomic E-state index is 12.0. The van der Waals surface area contributed by atoms with Crippen LogP contribution in [0.25, 0.3) is 0 Å². The monoisotopic (exact) mass is 347 g/mol. The number of amides is 1. The Kier molecular flexibility index (Phi) is 4.12. The van der Waals surface area contributed by atoms with Crippen LogP contribution >= 0.6 is 15.9 Å². The number of hydrogen-bond acceptors (Lipinski definition) is 4. The first kappa shape index (κ1) is 14.3. The molecule has 1 aromatic carbocycles. The average molecular weight is 348 g/mol. The first-order chi connectivity index (χ1) is 8.88. The number of anilines is 1. The molecular formula is C11H14BrN3O3S. The molecule has 1 amide bonds. The van der Waals surface area contributed by atoms with Gasteiger partial charge in [0.05, 0.1) is 11.4 Å². The Morgan fingerprint density at radius 1 is 1.42 bits per heavy atom. The highest BCUT2D eigenvalue weighted by Crippen LogP contribution is 2.24. The maximum Gasteiger partial charge on any atom is 0.242 e. The van der Waals surface area contributed by atoms with Gasteiger partial charge in [0.1, 0.15) is 0 Å². The fourth-order valence-electron chi connectivity index (χ4n) is 1.47. The van der Waals surface area contributed by atoms with Crippen molar-refractivity contribution in [3.8, 4) is 0 Å². The molecule has 1 aliphatic rings. The van der Waals surface area contributed by atoms with Crippen LogP contribution in [0, 0.1) is 0 Å². The maximum atomic E-state index is 12.0. The molecule has 0 aromatic heterocycles. The van der Waals surface area contributed by atoms with E-state index in [1.165, 1.54) is 6.07 Å². The van der Waals surface area contributed by atoms with Gasteiger partial charge in [-0.05, 0) is 47.0 Å². The minimum atomic E-state index is -3.76. The molecule has 6 nitrogen and oxygen atoms in total. The molecule has 1 aliphatic carbocycles. The minimum Gasteiger partial charge on any atom is -0.399 e. The molecule has 0 saturated heterocycles. The second-order valence-corrected chi connectivity index (χ2v) is 6.95. The first-order valence-electron chi connectivity index (χ1n) is 5.72.